The fourth-order valence-electron chi connectivity index (χ4n) is 2.52. The zero-order valence-electron chi connectivity index (χ0n) is 14.1. The predicted octanol–water partition coefficient (Wildman–Crippen LogP) is 2.69. The van der Waals surface area contributed by atoms with Crippen LogP contribution in [-0.4, -0.2) is 33.2 Å². The number of Topliss-reactive ketones (excluding diaryl/α,β-unsaturated/α-hetero) is 1. The third kappa shape index (κ3) is 4.09. The highest BCUT2D eigenvalue weighted by atomic mass is 35.5. The number of carbonyl (C=O) groups excluding carboxylic acids is 1. The Kier molecular flexibility index (Phi) is 5.35. The number of aliphatic hydroxyl groups is 1. The van der Waals surface area contributed by atoms with Gasteiger partial charge < -0.3 is 9.84 Å². The van der Waals surface area contributed by atoms with E-state index in [0.717, 1.165) is 0 Å². The molecule has 1 aromatic heterocycles. The standard InChI is InChI=1S/C19H17ClN2O4/c1-12(23)13-2-5-16(6-3-13)26-10-15(24)9-22-11-21-18-7-4-14(20)8-17(18)19(22)25/h2-8,11,15,24H,9-10H2,1H3. The molecule has 0 aliphatic carbocycles. The van der Waals surface area contributed by atoms with Crippen LogP contribution in [0.25, 0.3) is 10.9 Å². The van der Waals surface area contributed by atoms with Crippen LogP contribution in [0.15, 0.2) is 53.6 Å². The van der Waals surface area contributed by atoms with Gasteiger partial charge in [-0.25, -0.2) is 4.98 Å². The van der Waals surface area contributed by atoms with E-state index < -0.39 is 6.10 Å². The van der Waals surface area contributed by atoms with E-state index in [1.807, 2.05) is 0 Å². The van der Waals surface area contributed by atoms with Crippen LogP contribution < -0.4 is 10.3 Å². The highest BCUT2D eigenvalue weighted by Gasteiger charge is 2.11. The first kappa shape index (κ1) is 18.1. The molecule has 3 aromatic rings. The molecular formula is C19H17ClN2O4. The van der Waals surface area contributed by atoms with E-state index in [1.165, 1.54) is 17.8 Å². The number of fused-ring (bicyclic) bond motifs is 1. The van der Waals surface area contributed by atoms with E-state index in [4.69, 9.17) is 16.3 Å². The number of benzene rings is 2. The summed E-state index contributed by atoms with van der Waals surface area (Å²) >= 11 is 5.93. The quantitative estimate of drug-likeness (QED) is 0.673. The summed E-state index contributed by atoms with van der Waals surface area (Å²) in [5.74, 6) is 0.504. The Morgan fingerprint density at radius 3 is 2.69 bits per heavy atom. The van der Waals surface area contributed by atoms with Crippen molar-refractivity contribution in [1.29, 1.82) is 0 Å². The van der Waals surface area contributed by atoms with Crippen molar-refractivity contribution in [2.24, 2.45) is 0 Å². The van der Waals surface area contributed by atoms with Crippen molar-refractivity contribution in [3.8, 4) is 5.75 Å². The summed E-state index contributed by atoms with van der Waals surface area (Å²) in [6.45, 7) is 1.53. The Balaban J connectivity index is 1.67. The van der Waals surface area contributed by atoms with Gasteiger partial charge in [0.25, 0.3) is 5.56 Å². The second-order valence-corrected chi connectivity index (χ2v) is 6.35. The minimum atomic E-state index is -0.904. The summed E-state index contributed by atoms with van der Waals surface area (Å²) in [6, 6.07) is 11.5. The number of aromatic nitrogens is 2. The second-order valence-electron chi connectivity index (χ2n) is 5.91. The fourth-order valence-corrected chi connectivity index (χ4v) is 2.69. The second kappa shape index (κ2) is 7.68. The topological polar surface area (TPSA) is 81.4 Å². The summed E-state index contributed by atoms with van der Waals surface area (Å²) < 4.78 is 6.83. The molecule has 1 atom stereocenters. The van der Waals surface area contributed by atoms with Crippen LogP contribution in [0.3, 0.4) is 0 Å². The number of carbonyl (C=O) groups is 1. The number of ether oxygens (including phenoxy) is 1. The van der Waals surface area contributed by atoms with Crippen LogP contribution in [0.2, 0.25) is 5.02 Å². The molecule has 0 aliphatic heterocycles. The first-order valence-electron chi connectivity index (χ1n) is 8.00. The van der Waals surface area contributed by atoms with Gasteiger partial charge in [-0.15, -0.1) is 0 Å². The lowest BCUT2D eigenvalue weighted by molar-refractivity contribution is 0.0914. The number of nitrogens with zero attached hydrogens (tertiary/aromatic N) is 2. The molecule has 3 rings (SSSR count). The van der Waals surface area contributed by atoms with E-state index >= 15 is 0 Å². The van der Waals surface area contributed by atoms with Gasteiger partial charge in [-0.2, -0.15) is 0 Å². The van der Waals surface area contributed by atoms with Crippen LogP contribution in [0.5, 0.6) is 5.75 Å². The number of ketones is 1. The number of hydrogen-bond donors (Lipinski definition) is 1. The zero-order chi connectivity index (χ0) is 18.7. The summed E-state index contributed by atoms with van der Waals surface area (Å²) in [6.07, 6.45) is 0.488. The fraction of sp³-hybridized carbons (Fsp3) is 0.211. The van der Waals surface area contributed by atoms with E-state index in [2.05, 4.69) is 4.98 Å². The smallest absolute Gasteiger partial charge is 0.261 e. The van der Waals surface area contributed by atoms with Gasteiger partial charge in [0.2, 0.25) is 0 Å². The lowest BCUT2D eigenvalue weighted by Crippen LogP contribution is -2.30. The van der Waals surface area contributed by atoms with Crippen molar-refractivity contribution >= 4 is 28.3 Å². The van der Waals surface area contributed by atoms with Gasteiger partial charge in [0, 0.05) is 10.6 Å². The molecule has 0 amide bonds. The molecule has 1 unspecified atom stereocenters. The largest absolute Gasteiger partial charge is 0.491 e. The normalized spacial score (nSPS) is 12.1. The van der Waals surface area contributed by atoms with E-state index in [1.54, 1.807) is 42.5 Å². The van der Waals surface area contributed by atoms with Gasteiger partial charge in [0.1, 0.15) is 18.5 Å². The van der Waals surface area contributed by atoms with Gasteiger partial charge in [-0.1, -0.05) is 11.6 Å². The van der Waals surface area contributed by atoms with Crippen molar-refractivity contribution in [1.82, 2.24) is 9.55 Å². The van der Waals surface area contributed by atoms with Crippen molar-refractivity contribution in [2.75, 3.05) is 6.61 Å². The lowest BCUT2D eigenvalue weighted by Gasteiger charge is -2.14. The summed E-state index contributed by atoms with van der Waals surface area (Å²) in [5.41, 5.74) is 0.861. The highest BCUT2D eigenvalue weighted by molar-refractivity contribution is 6.31. The third-order valence-corrected chi connectivity index (χ3v) is 4.13. The van der Waals surface area contributed by atoms with Crippen LogP contribution in [0.1, 0.15) is 17.3 Å². The number of rotatable bonds is 6. The summed E-state index contributed by atoms with van der Waals surface area (Å²) in [5, 5.41) is 11.0. The molecular weight excluding hydrogens is 356 g/mol. The molecule has 2 aromatic carbocycles. The van der Waals surface area contributed by atoms with Crippen molar-refractivity contribution in [3.05, 3.63) is 69.7 Å². The van der Waals surface area contributed by atoms with Crippen LogP contribution in [0.4, 0.5) is 0 Å². The molecule has 1 N–H and O–H groups in total. The lowest BCUT2D eigenvalue weighted by atomic mass is 10.1. The Morgan fingerprint density at radius 2 is 2.00 bits per heavy atom. The van der Waals surface area contributed by atoms with E-state index in [0.29, 0.717) is 27.2 Å². The number of hydrogen-bond acceptors (Lipinski definition) is 5. The molecule has 0 aliphatic rings. The predicted molar refractivity (Wildman–Crippen MR) is 99.0 cm³/mol. The number of halogens is 1. The van der Waals surface area contributed by atoms with Gasteiger partial charge >= 0.3 is 0 Å². The molecule has 0 bridgehead atoms. The Morgan fingerprint density at radius 1 is 1.27 bits per heavy atom. The molecule has 0 fully saturated rings. The van der Waals surface area contributed by atoms with Gasteiger partial charge in [-0.3, -0.25) is 14.2 Å². The molecule has 134 valence electrons. The molecule has 0 radical (unpaired) electrons. The van der Waals surface area contributed by atoms with Crippen LogP contribution in [-0.2, 0) is 6.54 Å². The molecule has 1 heterocycles. The van der Waals surface area contributed by atoms with Gasteiger partial charge in [0.15, 0.2) is 5.78 Å². The Hall–Kier alpha value is -2.70. The first-order valence-corrected chi connectivity index (χ1v) is 8.38. The van der Waals surface area contributed by atoms with Crippen LogP contribution in [0, 0.1) is 0 Å². The Bertz CT molecular complexity index is 999. The maximum absolute atomic E-state index is 12.5. The molecule has 7 heteroatoms. The van der Waals surface area contributed by atoms with E-state index in [-0.39, 0.29) is 24.5 Å². The Labute approximate surface area is 154 Å². The average molecular weight is 373 g/mol. The highest BCUT2D eigenvalue weighted by Crippen LogP contribution is 2.15. The molecule has 0 spiro atoms. The molecule has 0 saturated heterocycles. The monoisotopic (exact) mass is 372 g/mol. The average Bonchev–Trinajstić information content (AvgIpc) is 2.63. The van der Waals surface area contributed by atoms with Crippen molar-refractivity contribution < 1.29 is 14.6 Å². The third-order valence-electron chi connectivity index (χ3n) is 3.90. The maximum Gasteiger partial charge on any atom is 0.261 e. The molecule has 26 heavy (non-hydrogen) atoms. The molecule has 0 saturated carbocycles. The summed E-state index contributed by atoms with van der Waals surface area (Å²) in [7, 11) is 0. The van der Waals surface area contributed by atoms with Gasteiger partial charge in [-0.05, 0) is 49.4 Å². The SMILES string of the molecule is CC(=O)c1ccc(OCC(O)Cn2cnc3ccc(Cl)cc3c2=O)cc1. The maximum atomic E-state index is 12.5. The van der Waals surface area contributed by atoms with Crippen molar-refractivity contribution in [2.45, 2.75) is 19.6 Å². The van der Waals surface area contributed by atoms with Crippen LogP contribution >= 0.6 is 11.6 Å². The molecule has 6 nitrogen and oxygen atoms in total. The van der Waals surface area contributed by atoms with Crippen molar-refractivity contribution in [3.63, 3.8) is 0 Å². The van der Waals surface area contributed by atoms with Gasteiger partial charge in [0.05, 0.1) is 23.8 Å². The summed E-state index contributed by atoms with van der Waals surface area (Å²) in [4.78, 5) is 27.9. The first-order chi connectivity index (χ1) is 12.4. The van der Waals surface area contributed by atoms with E-state index in [9.17, 15) is 14.7 Å². The zero-order valence-corrected chi connectivity index (χ0v) is 14.8. The minimum absolute atomic E-state index is 0.000554. The number of aliphatic hydroxyl groups excluding tert-OH is 1. The minimum Gasteiger partial charge on any atom is -0.491 e.